The topological polar surface area (TPSA) is 63.1 Å². The zero-order valence-electron chi connectivity index (χ0n) is 15.5. The molecule has 0 saturated carbocycles. The van der Waals surface area contributed by atoms with E-state index in [0.29, 0.717) is 17.0 Å². The molecule has 0 unspecified atom stereocenters. The average Bonchev–Trinajstić information content (AvgIpc) is 2.69. The molecule has 4 nitrogen and oxygen atoms in total. The lowest BCUT2D eigenvalue weighted by molar-refractivity contribution is -0.665. The Hall–Kier alpha value is -2.17. The Morgan fingerprint density at radius 2 is 1.42 bits per heavy atom. The molecule has 0 atom stereocenters. The van der Waals surface area contributed by atoms with Crippen LogP contribution >= 0.6 is 0 Å². The van der Waals surface area contributed by atoms with Crippen LogP contribution in [0.1, 0.15) is 37.8 Å². The first-order valence-electron chi connectivity index (χ1n) is 9.33. The molecule has 3 N–H and O–H groups in total. The predicted octanol–water partition coefficient (Wildman–Crippen LogP) is 2.22. The highest BCUT2D eigenvalue weighted by Crippen LogP contribution is 2.35. The van der Waals surface area contributed by atoms with E-state index in [2.05, 4.69) is 5.32 Å². The first-order valence-corrected chi connectivity index (χ1v) is 9.33. The Labute approximate surface area is 155 Å². The van der Waals surface area contributed by atoms with Crippen molar-refractivity contribution in [3.8, 4) is 0 Å². The number of hydrogen-bond donors (Lipinski definition) is 2. The van der Waals surface area contributed by atoms with Crippen molar-refractivity contribution in [1.82, 2.24) is 0 Å². The summed E-state index contributed by atoms with van der Waals surface area (Å²) in [5, 5.41) is 13.8. The number of rotatable bonds is 5. The summed E-state index contributed by atoms with van der Waals surface area (Å²) in [4.78, 5) is 13.2. The SMILES string of the molecule is CC(C)(OC(=O)C(O)(c1ccccc1)c1ccccc1)C1CC[NH2+]CC1. The molecule has 1 fully saturated rings. The van der Waals surface area contributed by atoms with Gasteiger partial charge in [0.15, 0.2) is 0 Å². The van der Waals surface area contributed by atoms with Crippen LogP contribution < -0.4 is 5.32 Å². The maximum atomic E-state index is 13.2. The number of carbonyl (C=O) groups excluding carboxylic acids is 1. The third-order valence-corrected chi connectivity index (χ3v) is 5.46. The maximum Gasteiger partial charge on any atom is 0.348 e. The summed E-state index contributed by atoms with van der Waals surface area (Å²) in [7, 11) is 0. The molecule has 1 aliphatic rings. The lowest BCUT2D eigenvalue weighted by Crippen LogP contribution is -2.86. The van der Waals surface area contributed by atoms with Crippen LogP contribution in [0.2, 0.25) is 0 Å². The zero-order chi connectivity index (χ0) is 18.6. The van der Waals surface area contributed by atoms with E-state index in [1.54, 1.807) is 24.3 Å². The predicted molar refractivity (Wildman–Crippen MR) is 100 cm³/mol. The number of quaternary nitrogens is 1. The van der Waals surface area contributed by atoms with E-state index in [-0.39, 0.29) is 0 Å². The molecular weight excluding hydrogens is 326 g/mol. The van der Waals surface area contributed by atoms with Crippen molar-refractivity contribution in [3.63, 3.8) is 0 Å². The van der Waals surface area contributed by atoms with Crippen LogP contribution in [0.5, 0.6) is 0 Å². The van der Waals surface area contributed by atoms with Gasteiger partial charge < -0.3 is 15.2 Å². The van der Waals surface area contributed by atoms with Gasteiger partial charge in [-0.3, -0.25) is 0 Å². The van der Waals surface area contributed by atoms with Crippen LogP contribution in [0.15, 0.2) is 60.7 Å². The largest absolute Gasteiger partial charge is 0.457 e. The molecule has 1 saturated heterocycles. The maximum absolute atomic E-state index is 13.2. The van der Waals surface area contributed by atoms with Crippen LogP contribution in [-0.4, -0.2) is 29.8 Å². The number of ether oxygens (including phenoxy) is 1. The summed E-state index contributed by atoms with van der Waals surface area (Å²) < 4.78 is 5.95. The molecule has 0 aromatic heterocycles. The number of piperidine rings is 1. The highest BCUT2D eigenvalue weighted by molar-refractivity contribution is 5.85. The molecule has 26 heavy (non-hydrogen) atoms. The second kappa shape index (κ2) is 7.60. The van der Waals surface area contributed by atoms with Gasteiger partial charge in [-0.15, -0.1) is 0 Å². The van der Waals surface area contributed by atoms with Crippen LogP contribution in [0.4, 0.5) is 0 Å². The van der Waals surface area contributed by atoms with Crippen LogP contribution in [0.25, 0.3) is 0 Å². The van der Waals surface area contributed by atoms with Gasteiger partial charge in [-0.05, 0) is 25.0 Å². The molecule has 3 rings (SSSR count). The standard InChI is InChI=1S/C22H27NO3/c1-21(2,17-13-15-23-16-14-17)26-20(24)22(25,18-9-5-3-6-10-18)19-11-7-4-8-12-19/h3-12,17,23,25H,13-16H2,1-2H3/p+1. The van der Waals surface area contributed by atoms with Crippen LogP contribution in [0.3, 0.4) is 0 Å². The highest BCUT2D eigenvalue weighted by atomic mass is 16.6. The van der Waals surface area contributed by atoms with Crippen molar-refractivity contribution in [1.29, 1.82) is 0 Å². The second-order valence-electron chi connectivity index (χ2n) is 7.58. The number of benzene rings is 2. The molecular formula is C22H28NO3+. The minimum absolute atomic E-state index is 0.298. The fraction of sp³-hybridized carbons (Fsp3) is 0.409. The fourth-order valence-corrected chi connectivity index (χ4v) is 3.78. The molecule has 0 aliphatic carbocycles. The van der Waals surface area contributed by atoms with E-state index in [1.807, 2.05) is 50.2 Å². The Bertz CT molecular complexity index is 682. The van der Waals surface area contributed by atoms with E-state index in [0.717, 1.165) is 25.9 Å². The summed E-state index contributed by atoms with van der Waals surface area (Å²) >= 11 is 0. The number of carbonyl (C=O) groups is 1. The van der Waals surface area contributed by atoms with E-state index >= 15 is 0 Å². The minimum atomic E-state index is -1.82. The molecule has 4 heteroatoms. The van der Waals surface area contributed by atoms with Gasteiger partial charge in [0.1, 0.15) is 5.60 Å². The second-order valence-corrected chi connectivity index (χ2v) is 7.58. The van der Waals surface area contributed by atoms with Gasteiger partial charge in [0.25, 0.3) is 0 Å². The first kappa shape index (κ1) is 18.6. The quantitative estimate of drug-likeness (QED) is 0.810. The molecule has 2 aromatic carbocycles. The third-order valence-electron chi connectivity index (χ3n) is 5.46. The fourth-order valence-electron chi connectivity index (χ4n) is 3.78. The molecule has 0 spiro atoms. The molecule has 0 amide bonds. The number of aliphatic hydroxyl groups is 1. The molecule has 1 heterocycles. The molecule has 138 valence electrons. The Morgan fingerprint density at radius 1 is 0.962 bits per heavy atom. The lowest BCUT2D eigenvalue weighted by Gasteiger charge is -2.38. The number of esters is 1. The van der Waals surface area contributed by atoms with Gasteiger partial charge in [-0.25, -0.2) is 4.79 Å². The van der Waals surface area contributed by atoms with Crippen molar-refractivity contribution in [2.45, 2.75) is 37.9 Å². The highest BCUT2D eigenvalue weighted by Gasteiger charge is 2.45. The van der Waals surface area contributed by atoms with E-state index < -0.39 is 17.2 Å². The number of hydrogen-bond acceptors (Lipinski definition) is 3. The minimum Gasteiger partial charge on any atom is -0.457 e. The van der Waals surface area contributed by atoms with Crippen molar-refractivity contribution in [2.75, 3.05) is 13.1 Å². The van der Waals surface area contributed by atoms with Crippen molar-refractivity contribution in [2.24, 2.45) is 5.92 Å². The molecule has 1 aliphatic heterocycles. The van der Waals surface area contributed by atoms with E-state index in [4.69, 9.17) is 4.74 Å². The Balaban J connectivity index is 1.93. The van der Waals surface area contributed by atoms with Crippen LogP contribution in [-0.2, 0) is 15.1 Å². The normalized spacial score (nSPS) is 16.3. The number of nitrogens with two attached hydrogens (primary N) is 1. The summed E-state index contributed by atoms with van der Waals surface area (Å²) in [6.07, 6.45) is 2.02. The van der Waals surface area contributed by atoms with Gasteiger partial charge in [-0.2, -0.15) is 0 Å². The zero-order valence-corrected chi connectivity index (χ0v) is 15.5. The van der Waals surface area contributed by atoms with Crippen molar-refractivity contribution in [3.05, 3.63) is 71.8 Å². The molecule has 0 bridgehead atoms. The van der Waals surface area contributed by atoms with Crippen LogP contribution in [0, 0.1) is 5.92 Å². The van der Waals surface area contributed by atoms with Crippen molar-refractivity contribution >= 4 is 5.97 Å². The third kappa shape index (κ3) is 3.67. The smallest absolute Gasteiger partial charge is 0.348 e. The van der Waals surface area contributed by atoms with Gasteiger partial charge in [0.2, 0.25) is 5.60 Å². The Morgan fingerprint density at radius 3 is 1.88 bits per heavy atom. The molecule has 0 radical (unpaired) electrons. The van der Waals surface area contributed by atoms with Crippen molar-refractivity contribution < 1.29 is 20.0 Å². The van der Waals surface area contributed by atoms with E-state index in [9.17, 15) is 9.90 Å². The van der Waals surface area contributed by atoms with Gasteiger partial charge in [-0.1, -0.05) is 60.7 Å². The molecule has 2 aromatic rings. The monoisotopic (exact) mass is 354 g/mol. The Kier molecular flexibility index (Phi) is 5.44. The average molecular weight is 354 g/mol. The summed E-state index contributed by atoms with van der Waals surface area (Å²) in [5.74, 6) is -0.318. The first-order chi connectivity index (χ1) is 12.4. The van der Waals surface area contributed by atoms with Gasteiger partial charge >= 0.3 is 5.97 Å². The van der Waals surface area contributed by atoms with E-state index in [1.165, 1.54) is 0 Å². The lowest BCUT2D eigenvalue weighted by atomic mass is 9.82. The summed E-state index contributed by atoms with van der Waals surface area (Å²) in [5.41, 5.74) is -1.41. The summed E-state index contributed by atoms with van der Waals surface area (Å²) in [6.45, 7) is 6.01. The van der Waals surface area contributed by atoms with Gasteiger partial charge in [0.05, 0.1) is 13.1 Å². The summed E-state index contributed by atoms with van der Waals surface area (Å²) in [6, 6.07) is 18.0. The van der Waals surface area contributed by atoms with Gasteiger partial charge in [0, 0.05) is 18.8 Å².